The molecule has 1 N–H and O–H groups in total. The molecule has 4 aromatic rings. The molecule has 5 rings (SSSR count). The molecule has 1 aliphatic heterocycles. The van der Waals surface area contributed by atoms with Gasteiger partial charge in [-0.1, -0.05) is 42.0 Å². The van der Waals surface area contributed by atoms with Crippen molar-refractivity contribution in [1.29, 1.82) is 5.26 Å². The smallest absolute Gasteiger partial charge is 0.407 e. The van der Waals surface area contributed by atoms with E-state index in [1.54, 1.807) is 0 Å². The van der Waals surface area contributed by atoms with Crippen LogP contribution in [0.4, 0.5) is 10.5 Å². The van der Waals surface area contributed by atoms with Crippen LogP contribution in [0.1, 0.15) is 44.7 Å². The van der Waals surface area contributed by atoms with Crippen LogP contribution in [0.2, 0.25) is 0 Å². The summed E-state index contributed by atoms with van der Waals surface area (Å²) in [5.74, 6) is 0. The minimum absolute atomic E-state index is 0.0170. The highest BCUT2D eigenvalue weighted by molar-refractivity contribution is 5.91. The van der Waals surface area contributed by atoms with E-state index in [4.69, 9.17) is 4.74 Å². The van der Waals surface area contributed by atoms with E-state index in [0.717, 1.165) is 59.5 Å². The van der Waals surface area contributed by atoms with Gasteiger partial charge in [0, 0.05) is 30.9 Å². The molecule has 1 atom stereocenters. The first-order chi connectivity index (χ1) is 18.2. The lowest BCUT2D eigenvalue weighted by Gasteiger charge is -2.35. The van der Waals surface area contributed by atoms with Gasteiger partial charge in [0.2, 0.25) is 0 Å². The van der Waals surface area contributed by atoms with Gasteiger partial charge in [-0.3, -0.25) is 0 Å². The SMILES string of the molecule is Cc1ccc(-c2c(-c3ccc(C#N)cc3)cc3c(N4CCC[C@@H](NC(=O)OC(C)(C)C)C4)cccn23)cc1. The lowest BCUT2D eigenvalue weighted by Crippen LogP contribution is -2.49. The number of fused-ring (bicyclic) bond motifs is 1. The summed E-state index contributed by atoms with van der Waals surface area (Å²) in [6, 6.07) is 25.1. The molecular formula is C32H34N4O2. The quantitative estimate of drug-likeness (QED) is 0.325. The Kier molecular flexibility index (Phi) is 6.86. The predicted molar refractivity (Wildman–Crippen MR) is 152 cm³/mol. The summed E-state index contributed by atoms with van der Waals surface area (Å²) < 4.78 is 7.76. The van der Waals surface area contributed by atoms with Gasteiger partial charge in [0.15, 0.2) is 0 Å². The van der Waals surface area contributed by atoms with Crippen molar-refractivity contribution in [1.82, 2.24) is 9.72 Å². The standard InChI is InChI=1S/C32H34N4O2/c1-22-9-13-25(14-10-22)30-27(24-15-11-23(20-33)12-16-24)19-29-28(8-6-18-36(29)30)35-17-5-7-26(21-35)34-31(37)38-32(2,3)4/h6,8-16,18-19,26H,5,7,17,21H2,1-4H3,(H,34,37)/t26-/m1/s1. The maximum absolute atomic E-state index is 12.4. The molecule has 0 saturated carbocycles. The number of hydrogen-bond donors (Lipinski definition) is 1. The Morgan fingerprint density at radius 3 is 2.45 bits per heavy atom. The van der Waals surface area contributed by atoms with Crippen molar-refractivity contribution in [3.63, 3.8) is 0 Å². The molecule has 194 valence electrons. The van der Waals surface area contributed by atoms with E-state index in [1.165, 1.54) is 5.56 Å². The summed E-state index contributed by atoms with van der Waals surface area (Å²) in [6.07, 6.45) is 3.65. The fourth-order valence-corrected chi connectivity index (χ4v) is 5.19. The Labute approximate surface area is 224 Å². The molecule has 0 unspecified atom stereocenters. The number of amides is 1. The fourth-order valence-electron chi connectivity index (χ4n) is 5.19. The number of carbonyl (C=O) groups is 1. The number of carbonyl (C=O) groups excluding carboxylic acids is 1. The number of pyridine rings is 1. The molecule has 1 amide bonds. The van der Waals surface area contributed by atoms with Gasteiger partial charge in [0.25, 0.3) is 0 Å². The second-order valence-electron chi connectivity index (χ2n) is 11.0. The number of hydrogen-bond acceptors (Lipinski definition) is 4. The van der Waals surface area contributed by atoms with Crippen LogP contribution in [0.25, 0.3) is 27.9 Å². The van der Waals surface area contributed by atoms with Crippen molar-refractivity contribution in [3.05, 3.63) is 84.1 Å². The first kappa shape index (κ1) is 25.4. The van der Waals surface area contributed by atoms with E-state index in [-0.39, 0.29) is 12.1 Å². The third-order valence-electron chi connectivity index (χ3n) is 6.92. The van der Waals surface area contributed by atoms with E-state index in [1.807, 2.05) is 45.0 Å². The van der Waals surface area contributed by atoms with Gasteiger partial charge >= 0.3 is 6.09 Å². The maximum Gasteiger partial charge on any atom is 0.407 e. The molecule has 1 aliphatic rings. The summed E-state index contributed by atoms with van der Waals surface area (Å²) in [4.78, 5) is 14.8. The number of nitrogens with one attached hydrogen (secondary N) is 1. The zero-order chi connectivity index (χ0) is 26.9. The number of anilines is 1. The monoisotopic (exact) mass is 506 g/mol. The third kappa shape index (κ3) is 5.38. The van der Waals surface area contributed by atoms with Gasteiger partial charge in [-0.25, -0.2) is 4.79 Å². The van der Waals surface area contributed by atoms with E-state index in [0.29, 0.717) is 5.56 Å². The Morgan fingerprint density at radius 1 is 1.05 bits per heavy atom. The molecule has 0 radical (unpaired) electrons. The number of nitriles is 1. The average Bonchev–Trinajstić information content (AvgIpc) is 3.28. The molecule has 6 nitrogen and oxygen atoms in total. The van der Waals surface area contributed by atoms with Crippen molar-refractivity contribution >= 4 is 17.3 Å². The molecule has 1 fully saturated rings. The summed E-state index contributed by atoms with van der Waals surface area (Å²) in [5, 5.41) is 12.4. The zero-order valence-electron chi connectivity index (χ0n) is 22.5. The number of piperidine rings is 1. The topological polar surface area (TPSA) is 69.8 Å². The molecule has 6 heteroatoms. The van der Waals surface area contributed by atoms with Crippen molar-refractivity contribution < 1.29 is 9.53 Å². The van der Waals surface area contributed by atoms with Gasteiger partial charge < -0.3 is 19.4 Å². The number of alkyl carbamates (subject to hydrolysis) is 1. The van der Waals surface area contributed by atoms with E-state index >= 15 is 0 Å². The first-order valence-electron chi connectivity index (χ1n) is 13.2. The van der Waals surface area contributed by atoms with Crippen molar-refractivity contribution in [2.24, 2.45) is 0 Å². The van der Waals surface area contributed by atoms with Crippen LogP contribution >= 0.6 is 0 Å². The van der Waals surface area contributed by atoms with Crippen LogP contribution in [0.5, 0.6) is 0 Å². The normalized spacial score (nSPS) is 15.8. The van der Waals surface area contributed by atoms with Crippen LogP contribution < -0.4 is 10.2 Å². The van der Waals surface area contributed by atoms with Crippen molar-refractivity contribution in [3.8, 4) is 28.5 Å². The Bertz CT molecular complexity index is 1490. The van der Waals surface area contributed by atoms with Gasteiger partial charge in [-0.2, -0.15) is 5.26 Å². The number of aromatic nitrogens is 1. The second-order valence-corrected chi connectivity index (χ2v) is 11.0. The predicted octanol–water partition coefficient (Wildman–Crippen LogP) is 6.95. The molecule has 38 heavy (non-hydrogen) atoms. The number of nitrogens with zero attached hydrogens (tertiary/aromatic N) is 3. The maximum atomic E-state index is 12.4. The molecule has 0 spiro atoms. The average molecular weight is 507 g/mol. The highest BCUT2D eigenvalue weighted by atomic mass is 16.6. The summed E-state index contributed by atoms with van der Waals surface area (Å²) in [7, 11) is 0. The number of ether oxygens (including phenoxy) is 1. The minimum Gasteiger partial charge on any atom is -0.444 e. The Hall–Kier alpha value is -4.24. The Morgan fingerprint density at radius 2 is 1.76 bits per heavy atom. The lowest BCUT2D eigenvalue weighted by atomic mass is 10.00. The number of benzene rings is 2. The second kappa shape index (κ2) is 10.3. The Balaban J connectivity index is 1.55. The minimum atomic E-state index is -0.524. The summed E-state index contributed by atoms with van der Waals surface area (Å²) in [6.45, 7) is 9.37. The zero-order valence-corrected chi connectivity index (χ0v) is 22.5. The highest BCUT2D eigenvalue weighted by Crippen LogP contribution is 2.39. The fraction of sp³-hybridized carbons (Fsp3) is 0.312. The van der Waals surface area contributed by atoms with Crippen LogP contribution in [-0.4, -0.2) is 35.2 Å². The summed E-state index contributed by atoms with van der Waals surface area (Å²) in [5.41, 5.74) is 8.02. The first-order valence-corrected chi connectivity index (χ1v) is 13.2. The molecule has 2 aromatic heterocycles. The molecule has 1 saturated heterocycles. The van der Waals surface area contributed by atoms with Gasteiger partial charge in [-0.15, -0.1) is 0 Å². The lowest BCUT2D eigenvalue weighted by molar-refractivity contribution is 0.0500. The van der Waals surface area contributed by atoms with E-state index in [2.05, 4.69) is 76.3 Å². The molecular weight excluding hydrogens is 472 g/mol. The van der Waals surface area contributed by atoms with Crippen LogP contribution in [0.15, 0.2) is 72.9 Å². The molecule has 3 heterocycles. The van der Waals surface area contributed by atoms with Crippen molar-refractivity contribution in [2.75, 3.05) is 18.0 Å². The van der Waals surface area contributed by atoms with Crippen LogP contribution in [0, 0.1) is 18.3 Å². The van der Waals surface area contributed by atoms with Crippen LogP contribution in [-0.2, 0) is 4.74 Å². The third-order valence-corrected chi connectivity index (χ3v) is 6.92. The van der Waals surface area contributed by atoms with Gasteiger partial charge in [0.05, 0.1) is 28.5 Å². The number of rotatable bonds is 4. The molecule has 0 bridgehead atoms. The molecule has 2 aromatic carbocycles. The largest absolute Gasteiger partial charge is 0.444 e. The van der Waals surface area contributed by atoms with Gasteiger partial charge in [-0.05, 0) is 82.0 Å². The molecule has 0 aliphatic carbocycles. The highest BCUT2D eigenvalue weighted by Gasteiger charge is 2.26. The number of aryl methyl sites for hydroxylation is 1. The van der Waals surface area contributed by atoms with E-state index in [9.17, 15) is 10.1 Å². The summed E-state index contributed by atoms with van der Waals surface area (Å²) >= 11 is 0. The van der Waals surface area contributed by atoms with Gasteiger partial charge in [0.1, 0.15) is 5.60 Å². The van der Waals surface area contributed by atoms with Crippen molar-refractivity contribution in [2.45, 2.75) is 52.2 Å². The van der Waals surface area contributed by atoms with Crippen LogP contribution in [0.3, 0.4) is 0 Å². The van der Waals surface area contributed by atoms with E-state index < -0.39 is 5.60 Å².